The Balaban J connectivity index is 0.00000141. The number of hydrogen-bond acceptors (Lipinski definition) is 5. The SMILES string of the molecule is C=CCCCNc1ccccc1C(=N)C(=O)NCC(=O)NS.CC(C)C. The number of rotatable bonds is 9. The standard InChI is InChI=1S/C15H20N4O2S.C4H10/c1-2-3-6-9-17-12-8-5-4-7-11(12)14(16)15(21)18-10-13(20)19-22;1-4(2)3/h2,4-5,7-8,16-17,22H,1,3,6,9-10H2,(H,18,21)(H,19,20);4H,1-3H3. The Labute approximate surface area is 161 Å². The highest BCUT2D eigenvalue weighted by Gasteiger charge is 2.15. The first kappa shape index (κ1) is 23.7. The maximum absolute atomic E-state index is 11.9. The number of amides is 2. The van der Waals surface area contributed by atoms with E-state index in [2.05, 4.69) is 55.5 Å². The van der Waals surface area contributed by atoms with Gasteiger partial charge in [0.25, 0.3) is 5.91 Å². The van der Waals surface area contributed by atoms with Crippen molar-refractivity contribution >= 4 is 36.0 Å². The van der Waals surface area contributed by atoms with Crippen LogP contribution in [0.25, 0.3) is 0 Å². The molecule has 0 fully saturated rings. The number of unbranched alkanes of at least 4 members (excludes halogenated alkanes) is 1. The average molecular weight is 379 g/mol. The molecule has 4 N–H and O–H groups in total. The van der Waals surface area contributed by atoms with Crippen LogP contribution in [0.1, 0.15) is 39.2 Å². The summed E-state index contributed by atoms with van der Waals surface area (Å²) in [5.74, 6) is -0.224. The maximum atomic E-state index is 11.9. The van der Waals surface area contributed by atoms with E-state index in [4.69, 9.17) is 5.41 Å². The van der Waals surface area contributed by atoms with Crippen LogP contribution in [0.3, 0.4) is 0 Å². The fraction of sp³-hybridized carbons (Fsp3) is 0.421. The smallest absolute Gasteiger partial charge is 0.270 e. The number of hydrogen-bond donors (Lipinski definition) is 5. The van der Waals surface area contributed by atoms with Crippen LogP contribution in [0.5, 0.6) is 0 Å². The van der Waals surface area contributed by atoms with E-state index in [1.54, 1.807) is 12.1 Å². The number of nitrogens with one attached hydrogen (secondary N) is 4. The van der Waals surface area contributed by atoms with Crippen molar-refractivity contribution < 1.29 is 9.59 Å². The quantitative estimate of drug-likeness (QED) is 0.198. The van der Waals surface area contributed by atoms with Crippen LogP contribution < -0.4 is 15.4 Å². The number of carbonyl (C=O) groups is 2. The van der Waals surface area contributed by atoms with Gasteiger partial charge in [-0.3, -0.25) is 15.0 Å². The Morgan fingerprint density at radius 1 is 1.27 bits per heavy atom. The highest BCUT2D eigenvalue weighted by atomic mass is 32.1. The van der Waals surface area contributed by atoms with Crippen LogP contribution in [0.2, 0.25) is 0 Å². The lowest BCUT2D eigenvalue weighted by molar-refractivity contribution is -0.122. The molecular weight excluding hydrogens is 348 g/mol. The molecule has 0 atom stereocenters. The molecule has 6 nitrogen and oxygen atoms in total. The fourth-order valence-electron chi connectivity index (χ4n) is 1.74. The minimum Gasteiger partial charge on any atom is -0.384 e. The molecular formula is C19H30N4O2S. The van der Waals surface area contributed by atoms with Crippen molar-refractivity contribution in [3.8, 4) is 0 Å². The van der Waals surface area contributed by atoms with E-state index >= 15 is 0 Å². The van der Waals surface area contributed by atoms with Gasteiger partial charge in [-0.15, -0.1) is 6.58 Å². The van der Waals surface area contributed by atoms with Crippen LogP contribution in [0.15, 0.2) is 36.9 Å². The van der Waals surface area contributed by atoms with Gasteiger partial charge in [-0.2, -0.15) is 0 Å². The molecule has 1 aromatic carbocycles. The van der Waals surface area contributed by atoms with Crippen LogP contribution in [0, 0.1) is 11.3 Å². The second kappa shape index (κ2) is 13.9. The summed E-state index contributed by atoms with van der Waals surface area (Å²) < 4.78 is 2.10. The molecule has 0 heterocycles. The number of allylic oxidation sites excluding steroid dienone is 1. The third kappa shape index (κ3) is 10.6. The van der Waals surface area contributed by atoms with Gasteiger partial charge >= 0.3 is 0 Å². The van der Waals surface area contributed by atoms with E-state index in [1.807, 2.05) is 18.2 Å². The largest absolute Gasteiger partial charge is 0.384 e. The minimum atomic E-state index is -0.614. The van der Waals surface area contributed by atoms with Crippen molar-refractivity contribution in [1.29, 1.82) is 5.41 Å². The van der Waals surface area contributed by atoms with Crippen molar-refractivity contribution in [2.45, 2.75) is 33.6 Å². The van der Waals surface area contributed by atoms with Gasteiger partial charge in [0.15, 0.2) is 0 Å². The molecule has 0 saturated carbocycles. The Hall–Kier alpha value is -2.28. The molecule has 0 aliphatic carbocycles. The van der Waals surface area contributed by atoms with Crippen molar-refractivity contribution in [3.63, 3.8) is 0 Å². The highest BCUT2D eigenvalue weighted by Crippen LogP contribution is 2.16. The predicted octanol–water partition coefficient (Wildman–Crippen LogP) is 3.17. The third-order valence-electron chi connectivity index (χ3n) is 2.86. The molecule has 0 radical (unpaired) electrons. The summed E-state index contributed by atoms with van der Waals surface area (Å²) in [6.07, 6.45) is 3.65. The lowest BCUT2D eigenvalue weighted by Gasteiger charge is -2.12. The lowest BCUT2D eigenvalue weighted by atomic mass is 10.1. The summed E-state index contributed by atoms with van der Waals surface area (Å²) in [5, 5.41) is 13.5. The maximum Gasteiger partial charge on any atom is 0.270 e. The van der Waals surface area contributed by atoms with Gasteiger partial charge in [0.1, 0.15) is 5.71 Å². The van der Waals surface area contributed by atoms with E-state index in [0.717, 1.165) is 25.3 Å². The summed E-state index contributed by atoms with van der Waals surface area (Å²) in [7, 11) is 0. The summed E-state index contributed by atoms with van der Waals surface area (Å²) in [4.78, 5) is 23.0. The predicted molar refractivity (Wildman–Crippen MR) is 112 cm³/mol. The molecule has 2 amide bonds. The van der Waals surface area contributed by atoms with Crippen molar-refractivity contribution in [2.75, 3.05) is 18.4 Å². The minimum absolute atomic E-state index is 0.196. The van der Waals surface area contributed by atoms with Crippen molar-refractivity contribution in [2.24, 2.45) is 5.92 Å². The molecule has 7 heteroatoms. The monoisotopic (exact) mass is 378 g/mol. The van der Waals surface area contributed by atoms with Gasteiger partial charge in [-0.05, 0) is 24.8 Å². The molecule has 26 heavy (non-hydrogen) atoms. The van der Waals surface area contributed by atoms with Gasteiger partial charge < -0.3 is 15.4 Å². The van der Waals surface area contributed by atoms with Crippen LogP contribution in [-0.2, 0) is 9.59 Å². The van der Waals surface area contributed by atoms with Gasteiger partial charge in [0.05, 0.1) is 6.54 Å². The van der Waals surface area contributed by atoms with Crippen molar-refractivity contribution in [3.05, 3.63) is 42.5 Å². The Kier molecular flexibility index (Phi) is 12.7. The van der Waals surface area contributed by atoms with Gasteiger partial charge in [-0.1, -0.05) is 57.9 Å². The normalized spacial score (nSPS) is 9.58. The second-order valence-electron chi connectivity index (χ2n) is 6.23. The molecule has 0 bridgehead atoms. The van der Waals surface area contributed by atoms with E-state index in [1.165, 1.54) is 0 Å². The van der Waals surface area contributed by atoms with E-state index < -0.39 is 11.8 Å². The van der Waals surface area contributed by atoms with Crippen LogP contribution >= 0.6 is 12.8 Å². The summed E-state index contributed by atoms with van der Waals surface area (Å²) >= 11 is 3.59. The summed E-state index contributed by atoms with van der Waals surface area (Å²) in [6, 6.07) is 7.09. The van der Waals surface area contributed by atoms with Gasteiger partial charge in [0.2, 0.25) is 5.91 Å². The lowest BCUT2D eigenvalue weighted by Crippen LogP contribution is -2.37. The highest BCUT2D eigenvalue weighted by molar-refractivity contribution is 7.78. The van der Waals surface area contributed by atoms with E-state index in [0.29, 0.717) is 11.3 Å². The Morgan fingerprint density at radius 2 is 1.88 bits per heavy atom. The first-order chi connectivity index (χ1) is 12.3. The molecule has 0 aromatic heterocycles. The first-order valence-electron chi connectivity index (χ1n) is 8.57. The van der Waals surface area contributed by atoms with Gasteiger partial charge in [0, 0.05) is 17.8 Å². The molecule has 0 aliphatic heterocycles. The first-order valence-corrected chi connectivity index (χ1v) is 9.02. The zero-order chi connectivity index (χ0) is 19.9. The van der Waals surface area contributed by atoms with E-state index in [9.17, 15) is 9.59 Å². The molecule has 0 aliphatic rings. The molecule has 1 aromatic rings. The Bertz CT molecular complexity index is 600. The molecule has 0 saturated heterocycles. The van der Waals surface area contributed by atoms with E-state index in [-0.39, 0.29) is 12.3 Å². The van der Waals surface area contributed by atoms with Crippen molar-refractivity contribution in [1.82, 2.24) is 10.0 Å². The number of benzene rings is 1. The average Bonchev–Trinajstić information content (AvgIpc) is 2.62. The van der Waals surface area contributed by atoms with Gasteiger partial charge in [-0.25, -0.2) is 0 Å². The third-order valence-corrected chi connectivity index (χ3v) is 3.11. The number of carbonyl (C=O) groups excluding carboxylic acids is 2. The number of anilines is 1. The summed E-state index contributed by atoms with van der Waals surface area (Å²) in [6.45, 7) is 10.7. The molecule has 0 spiro atoms. The van der Waals surface area contributed by atoms with Crippen LogP contribution in [0.4, 0.5) is 5.69 Å². The number of thiol groups is 1. The molecule has 1 rings (SSSR count). The Morgan fingerprint density at radius 3 is 2.46 bits per heavy atom. The molecule has 0 unspecified atom stereocenters. The zero-order valence-electron chi connectivity index (χ0n) is 15.8. The number of para-hydroxylation sites is 1. The van der Waals surface area contributed by atoms with Crippen LogP contribution in [-0.4, -0.2) is 30.6 Å². The second-order valence-corrected chi connectivity index (χ2v) is 6.45. The topological polar surface area (TPSA) is 94.1 Å². The molecule has 144 valence electrons. The zero-order valence-corrected chi connectivity index (χ0v) is 16.7. The fourth-order valence-corrected chi connectivity index (χ4v) is 1.81. The summed E-state index contributed by atoms with van der Waals surface area (Å²) in [5.41, 5.74) is 1.01.